The molecule has 0 N–H and O–H groups in total. The van der Waals surface area contributed by atoms with Crippen molar-refractivity contribution in [3.63, 3.8) is 0 Å². The molecular weight excluding hydrogens is 304 g/mol. The number of rotatable bonds is 4. The number of pyridine rings is 1. The number of aromatic nitrogens is 3. The summed E-state index contributed by atoms with van der Waals surface area (Å²) in [6, 6.07) is 7.92. The maximum atomic E-state index is 5.82. The van der Waals surface area contributed by atoms with E-state index >= 15 is 0 Å². The van der Waals surface area contributed by atoms with Gasteiger partial charge in [-0.2, -0.15) is 4.98 Å². The lowest BCUT2D eigenvalue weighted by molar-refractivity contribution is 0.188. The van der Waals surface area contributed by atoms with Gasteiger partial charge in [0.15, 0.2) is 0 Å². The van der Waals surface area contributed by atoms with Crippen molar-refractivity contribution in [1.29, 1.82) is 0 Å². The second kappa shape index (κ2) is 6.20. The number of aryl methyl sites for hydroxylation is 2. The first-order valence-corrected chi connectivity index (χ1v) is 8.25. The molecule has 0 aliphatic carbocycles. The van der Waals surface area contributed by atoms with Crippen LogP contribution >= 0.6 is 0 Å². The predicted octanol–water partition coefficient (Wildman–Crippen LogP) is 3.68. The van der Waals surface area contributed by atoms with Crippen LogP contribution in [-0.4, -0.2) is 26.6 Å². The Balaban J connectivity index is 1.53. The molecule has 4 heterocycles. The molecule has 6 heteroatoms. The van der Waals surface area contributed by atoms with Crippen molar-refractivity contribution < 1.29 is 8.94 Å². The number of nitrogens with zero attached hydrogens (tertiary/aromatic N) is 4. The van der Waals surface area contributed by atoms with Gasteiger partial charge in [0.25, 0.3) is 0 Å². The van der Waals surface area contributed by atoms with Crippen LogP contribution in [0.25, 0.3) is 11.5 Å². The third-order valence-corrected chi connectivity index (χ3v) is 4.56. The minimum atomic E-state index is 0.140. The largest absolute Gasteiger partial charge is 0.465 e. The Hall–Kier alpha value is -2.47. The van der Waals surface area contributed by atoms with E-state index in [2.05, 4.69) is 33.0 Å². The molecule has 24 heavy (non-hydrogen) atoms. The number of hydrogen-bond donors (Lipinski definition) is 0. The SMILES string of the molecule is Cc1cc(CN2CCC[C@@H]2c2nc(-c3ccccn3)no2)oc1C. The Kier molecular flexibility index (Phi) is 3.90. The van der Waals surface area contributed by atoms with Gasteiger partial charge in [-0.25, -0.2) is 0 Å². The van der Waals surface area contributed by atoms with Gasteiger partial charge in [0.2, 0.25) is 11.7 Å². The second-order valence-corrected chi connectivity index (χ2v) is 6.25. The zero-order chi connectivity index (χ0) is 16.5. The van der Waals surface area contributed by atoms with Crippen LogP contribution in [0.4, 0.5) is 0 Å². The highest BCUT2D eigenvalue weighted by molar-refractivity contribution is 5.47. The molecule has 0 aromatic carbocycles. The molecule has 0 saturated carbocycles. The summed E-state index contributed by atoms with van der Waals surface area (Å²) < 4.78 is 11.3. The van der Waals surface area contributed by atoms with Gasteiger partial charge in [-0.3, -0.25) is 9.88 Å². The standard InChI is InChI=1S/C18H20N4O2/c1-12-10-14(23-13(12)2)11-22-9-5-7-16(22)18-20-17(21-24-18)15-6-3-4-8-19-15/h3-4,6,8,10,16H,5,7,9,11H2,1-2H3/t16-/m1/s1. The van der Waals surface area contributed by atoms with Gasteiger partial charge < -0.3 is 8.94 Å². The summed E-state index contributed by atoms with van der Waals surface area (Å²) in [6.07, 6.45) is 3.86. The van der Waals surface area contributed by atoms with E-state index in [1.807, 2.05) is 25.1 Å². The summed E-state index contributed by atoms with van der Waals surface area (Å²) in [5, 5.41) is 4.09. The van der Waals surface area contributed by atoms with Crippen LogP contribution in [0.2, 0.25) is 0 Å². The molecule has 6 nitrogen and oxygen atoms in total. The van der Waals surface area contributed by atoms with Crippen LogP contribution in [0, 0.1) is 13.8 Å². The molecule has 1 saturated heterocycles. The molecule has 1 atom stereocenters. The molecule has 1 aliphatic rings. The Morgan fingerprint density at radius 2 is 2.21 bits per heavy atom. The molecule has 0 radical (unpaired) electrons. The van der Waals surface area contributed by atoms with E-state index in [0.29, 0.717) is 11.7 Å². The molecule has 3 aromatic heterocycles. The molecule has 0 unspecified atom stereocenters. The molecule has 0 spiro atoms. The summed E-state index contributed by atoms with van der Waals surface area (Å²) >= 11 is 0. The van der Waals surface area contributed by atoms with Crippen molar-refractivity contribution in [1.82, 2.24) is 20.0 Å². The van der Waals surface area contributed by atoms with E-state index in [9.17, 15) is 0 Å². The van der Waals surface area contributed by atoms with Gasteiger partial charge >= 0.3 is 0 Å². The van der Waals surface area contributed by atoms with E-state index in [-0.39, 0.29) is 6.04 Å². The van der Waals surface area contributed by atoms with Crippen molar-refractivity contribution in [3.8, 4) is 11.5 Å². The van der Waals surface area contributed by atoms with Crippen LogP contribution in [0.3, 0.4) is 0 Å². The third-order valence-electron chi connectivity index (χ3n) is 4.56. The third kappa shape index (κ3) is 2.85. The first kappa shape index (κ1) is 15.1. The topological polar surface area (TPSA) is 68.2 Å². The van der Waals surface area contributed by atoms with Gasteiger partial charge in [-0.15, -0.1) is 0 Å². The lowest BCUT2D eigenvalue weighted by Crippen LogP contribution is -2.22. The zero-order valence-corrected chi connectivity index (χ0v) is 13.9. The van der Waals surface area contributed by atoms with Gasteiger partial charge in [0, 0.05) is 6.20 Å². The van der Waals surface area contributed by atoms with Crippen LogP contribution < -0.4 is 0 Å². The first-order chi connectivity index (χ1) is 11.7. The Morgan fingerprint density at radius 3 is 2.96 bits per heavy atom. The molecule has 124 valence electrons. The summed E-state index contributed by atoms with van der Waals surface area (Å²) in [6.45, 7) is 5.84. The highest BCUT2D eigenvalue weighted by Gasteiger charge is 2.31. The van der Waals surface area contributed by atoms with Gasteiger partial charge in [-0.1, -0.05) is 11.2 Å². The van der Waals surface area contributed by atoms with Gasteiger partial charge in [-0.05, 0) is 57.0 Å². The van der Waals surface area contributed by atoms with Crippen LogP contribution in [0.15, 0.2) is 39.4 Å². The van der Waals surface area contributed by atoms with Crippen LogP contribution in [0.1, 0.15) is 41.9 Å². The smallest absolute Gasteiger partial charge is 0.244 e. The Labute approximate surface area is 140 Å². The highest BCUT2D eigenvalue weighted by atomic mass is 16.5. The van der Waals surface area contributed by atoms with Crippen molar-refractivity contribution in [2.45, 2.75) is 39.3 Å². The normalized spacial score (nSPS) is 18.3. The summed E-state index contributed by atoms with van der Waals surface area (Å²) in [4.78, 5) is 11.2. The van der Waals surface area contributed by atoms with E-state index < -0.39 is 0 Å². The van der Waals surface area contributed by atoms with E-state index in [0.717, 1.165) is 43.1 Å². The predicted molar refractivity (Wildman–Crippen MR) is 88.1 cm³/mol. The molecule has 3 aromatic rings. The van der Waals surface area contributed by atoms with Crippen molar-refractivity contribution in [2.24, 2.45) is 0 Å². The van der Waals surface area contributed by atoms with Crippen LogP contribution in [-0.2, 0) is 6.54 Å². The van der Waals surface area contributed by atoms with Crippen molar-refractivity contribution in [3.05, 3.63) is 53.4 Å². The summed E-state index contributed by atoms with van der Waals surface area (Å²) in [5.74, 6) is 3.17. The second-order valence-electron chi connectivity index (χ2n) is 6.25. The van der Waals surface area contributed by atoms with E-state index in [4.69, 9.17) is 8.94 Å². The summed E-state index contributed by atoms with van der Waals surface area (Å²) in [5.41, 5.74) is 1.92. The summed E-state index contributed by atoms with van der Waals surface area (Å²) in [7, 11) is 0. The molecule has 1 aliphatic heterocycles. The lowest BCUT2D eigenvalue weighted by atomic mass is 10.2. The number of likely N-dealkylation sites (tertiary alicyclic amines) is 1. The lowest BCUT2D eigenvalue weighted by Gasteiger charge is -2.19. The first-order valence-electron chi connectivity index (χ1n) is 8.25. The van der Waals surface area contributed by atoms with Crippen molar-refractivity contribution in [2.75, 3.05) is 6.54 Å². The number of hydrogen-bond acceptors (Lipinski definition) is 6. The Morgan fingerprint density at radius 1 is 1.29 bits per heavy atom. The average Bonchev–Trinajstić information content (AvgIpc) is 3.30. The fraction of sp³-hybridized carbons (Fsp3) is 0.389. The molecule has 1 fully saturated rings. The Bertz CT molecular complexity index is 805. The number of furan rings is 1. The molecule has 0 amide bonds. The average molecular weight is 324 g/mol. The maximum Gasteiger partial charge on any atom is 0.244 e. The monoisotopic (exact) mass is 324 g/mol. The van der Waals surface area contributed by atoms with Gasteiger partial charge in [0.1, 0.15) is 17.2 Å². The van der Waals surface area contributed by atoms with Crippen LogP contribution in [0.5, 0.6) is 0 Å². The fourth-order valence-electron chi connectivity index (χ4n) is 3.19. The zero-order valence-electron chi connectivity index (χ0n) is 13.9. The molecule has 0 bridgehead atoms. The van der Waals surface area contributed by atoms with Gasteiger partial charge in [0.05, 0.1) is 12.6 Å². The molecule has 4 rings (SSSR count). The quantitative estimate of drug-likeness (QED) is 0.729. The minimum Gasteiger partial charge on any atom is -0.465 e. The fourth-order valence-corrected chi connectivity index (χ4v) is 3.19. The minimum absolute atomic E-state index is 0.140. The van der Waals surface area contributed by atoms with Crippen molar-refractivity contribution >= 4 is 0 Å². The highest BCUT2D eigenvalue weighted by Crippen LogP contribution is 2.33. The van der Waals surface area contributed by atoms with E-state index in [1.165, 1.54) is 5.56 Å². The maximum absolute atomic E-state index is 5.82. The van der Waals surface area contributed by atoms with E-state index in [1.54, 1.807) is 6.20 Å². The molecular formula is C18H20N4O2.